The zero-order valence-electron chi connectivity index (χ0n) is 13.7. The second-order valence-electron chi connectivity index (χ2n) is 6.07. The van der Waals surface area contributed by atoms with Crippen LogP contribution in [0, 0.1) is 0 Å². The van der Waals surface area contributed by atoms with Crippen molar-refractivity contribution in [3.8, 4) is 5.75 Å². The van der Waals surface area contributed by atoms with Gasteiger partial charge < -0.3 is 10.4 Å². The number of phenols is 1. The average Bonchev–Trinajstić information content (AvgIpc) is 2.91. The summed E-state index contributed by atoms with van der Waals surface area (Å²) in [6.07, 6.45) is 1.79. The lowest BCUT2D eigenvalue weighted by atomic mass is 10.1. The SMILES string of the molecule is O=C1CS[C@@H](c2cccc(O)c2)c2cnn(Cc3ccc(Cl)cc3)c2N1. The highest BCUT2D eigenvalue weighted by molar-refractivity contribution is 8.00. The predicted octanol–water partition coefficient (Wildman–Crippen LogP) is 4.07. The molecule has 0 aliphatic carbocycles. The Kier molecular flexibility index (Phi) is 4.61. The number of benzene rings is 2. The number of rotatable bonds is 3. The van der Waals surface area contributed by atoms with E-state index in [2.05, 4.69) is 10.4 Å². The number of anilines is 1. The van der Waals surface area contributed by atoms with Crippen LogP contribution in [0.15, 0.2) is 54.7 Å². The maximum atomic E-state index is 12.2. The molecule has 2 N–H and O–H groups in total. The Morgan fingerprint density at radius 1 is 1.27 bits per heavy atom. The fourth-order valence-corrected chi connectivity index (χ4v) is 4.20. The lowest BCUT2D eigenvalue weighted by molar-refractivity contribution is -0.113. The Hall–Kier alpha value is -2.44. The van der Waals surface area contributed by atoms with Crippen molar-refractivity contribution >= 4 is 35.1 Å². The van der Waals surface area contributed by atoms with E-state index in [4.69, 9.17) is 11.6 Å². The molecule has 26 heavy (non-hydrogen) atoms. The van der Waals surface area contributed by atoms with Crippen molar-refractivity contribution in [1.82, 2.24) is 9.78 Å². The van der Waals surface area contributed by atoms with Gasteiger partial charge in [-0.15, -0.1) is 11.8 Å². The number of halogens is 1. The standard InChI is InChI=1S/C19H16ClN3O2S/c20-14-6-4-12(5-7-14)10-23-19-16(9-21-23)18(26-11-17(25)22-19)13-2-1-3-15(24)8-13/h1-9,18,24H,10-11H2,(H,22,25)/t18-/m0/s1. The number of carbonyl (C=O) groups is 1. The van der Waals surface area contributed by atoms with E-state index in [0.29, 0.717) is 23.1 Å². The van der Waals surface area contributed by atoms with Crippen molar-refractivity contribution in [1.29, 1.82) is 0 Å². The van der Waals surface area contributed by atoms with Crippen LogP contribution in [0.3, 0.4) is 0 Å². The number of phenolic OH excluding ortho intramolecular Hbond substituents is 1. The van der Waals surface area contributed by atoms with Crippen LogP contribution in [0.25, 0.3) is 0 Å². The Morgan fingerprint density at radius 3 is 2.85 bits per heavy atom. The monoisotopic (exact) mass is 385 g/mol. The minimum atomic E-state index is -0.0741. The summed E-state index contributed by atoms with van der Waals surface area (Å²) in [5.74, 6) is 1.19. The van der Waals surface area contributed by atoms with Crippen molar-refractivity contribution in [2.45, 2.75) is 11.8 Å². The van der Waals surface area contributed by atoms with E-state index >= 15 is 0 Å². The molecule has 2 aromatic carbocycles. The molecule has 0 radical (unpaired) electrons. The first-order chi connectivity index (χ1) is 12.6. The molecule has 0 fully saturated rings. The zero-order chi connectivity index (χ0) is 18.1. The molecular formula is C19H16ClN3O2S. The predicted molar refractivity (Wildman–Crippen MR) is 104 cm³/mol. The number of aromatic nitrogens is 2. The van der Waals surface area contributed by atoms with Gasteiger partial charge in [0, 0.05) is 10.6 Å². The average molecular weight is 386 g/mol. The van der Waals surface area contributed by atoms with Crippen LogP contribution >= 0.6 is 23.4 Å². The normalized spacial score (nSPS) is 16.7. The highest BCUT2D eigenvalue weighted by atomic mass is 35.5. The molecule has 4 rings (SSSR count). The van der Waals surface area contributed by atoms with Gasteiger partial charge in [0.25, 0.3) is 0 Å². The molecule has 132 valence electrons. The molecule has 0 saturated heterocycles. The van der Waals surface area contributed by atoms with Crippen molar-refractivity contribution in [2.75, 3.05) is 11.1 Å². The highest BCUT2D eigenvalue weighted by Crippen LogP contribution is 2.42. The van der Waals surface area contributed by atoms with E-state index in [0.717, 1.165) is 16.7 Å². The number of carbonyl (C=O) groups excluding carboxylic acids is 1. The van der Waals surface area contributed by atoms with Gasteiger partial charge in [-0.25, -0.2) is 4.68 Å². The molecule has 1 atom stereocenters. The third kappa shape index (κ3) is 3.43. The number of amides is 1. The van der Waals surface area contributed by atoms with Crippen LogP contribution in [0.2, 0.25) is 5.02 Å². The second-order valence-corrected chi connectivity index (χ2v) is 7.60. The second kappa shape index (κ2) is 7.05. The summed E-state index contributed by atoms with van der Waals surface area (Å²) in [5, 5.41) is 17.9. The van der Waals surface area contributed by atoms with Crippen LogP contribution in [0.1, 0.15) is 21.9 Å². The molecule has 1 amide bonds. The molecule has 3 aromatic rings. The van der Waals surface area contributed by atoms with Gasteiger partial charge in [0.2, 0.25) is 5.91 Å². The maximum Gasteiger partial charge on any atom is 0.235 e. The van der Waals surface area contributed by atoms with Gasteiger partial charge in [0.1, 0.15) is 11.6 Å². The molecule has 1 aliphatic heterocycles. The van der Waals surface area contributed by atoms with Crippen molar-refractivity contribution < 1.29 is 9.90 Å². The van der Waals surface area contributed by atoms with Gasteiger partial charge in [0.15, 0.2) is 0 Å². The van der Waals surface area contributed by atoms with Gasteiger partial charge in [-0.1, -0.05) is 35.9 Å². The largest absolute Gasteiger partial charge is 0.508 e. The van der Waals surface area contributed by atoms with Gasteiger partial charge in [-0.3, -0.25) is 4.79 Å². The van der Waals surface area contributed by atoms with E-state index in [1.165, 1.54) is 11.8 Å². The van der Waals surface area contributed by atoms with Gasteiger partial charge in [-0.05, 0) is 35.4 Å². The summed E-state index contributed by atoms with van der Waals surface area (Å²) < 4.78 is 1.79. The number of fused-ring (bicyclic) bond motifs is 1. The maximum absolute atomic E-state index is 12.2. The first-order valence-corrected chi connectivity index (χ1v) is 9.53. The lowest BCUT2D eigenvalue weighted by Crippen LogP contribution is -2.16. The quantitative estimate of drug-likeness (QED) is 0.713. The molecule has 2 heterocycles. The summed E-state index contributed by atoms with van der Waals surface area (Å²) in [6.45, 7) is 0.532. The van der Waals surface area contributed by atoms with E-state index in [9.17, 15) is 9.90 Å². The topological polar surface area (TPSA) is 67.1 Å². The van der Waals surface area contributed by atoms with Crippen LogP contribution in [-0.2, 0) is 11.3 Å². The first kappa shape index (κ1) is 17.0. The summed E-state index contributed by atoms with van der Waals surface area (Å²) >= 11 is 7.47. The number of aromatic hydroxyl groups is 1. The summed E-state index contributed by atoms with van der Waals surface area (Å²) in [5.41, 5.74) is 2.92. The van der Waals surface area contributed by atoms with Crippen LogP contribution in [0.4, 0.5) is 5.82 Å². The van der Waals surface area contributed by atoms with Crippen molar-refractivity contribution in [3.63, 3.8) is 0 Å². The number of nitrogens with one attached hydrogen (secondary N) is 1. The van der Waals surface area contributed by atoms with Crippen LogP contribution < -0.4 is 5.32 Å². The van der Waals surface area contributed by atoms with Crippen molar-refractivity contribution in [3.05, 3.63) is 76.4 Å². The van der Waals surface area contributed by atoms with E-state index in [1.54, 1.807) is 23.0 Å². The van der Waals surface area contributed by atoms with Crippen molar-refractivity contribution in [2.24, 2.45) is 0 Å². The molecular weight excluding hydrogens is 370 g/mol. The van der Waals surface area contributed by atoms with Crippen LogP contribution in [-0.4, -0.2) is 26.5 Å². The fourth-order valence-electron chi connectivity index (χ4n) is 2.99. The van der Waals surface area contributed by atoms with Gasteiger partial charge in [-0.2, -0.15) is 5.10 Å². The molecule has 0 bridgehead atoms. The van der Waals surface area contributed by atoms with E-state index in [1.807, 2.05) is 36.4 Å². The third-order valence-electron chi connectivity index (χ3n) is 4.21. The minimum absolute atomic E-state index is 0.0586. The molecule has 0 saturated carbocycles. The van der Waals surface area contributed by atoms with E-state index in [-0.39, 0.29) is 16.9 Å². The summed E-state index contributed by atoms with van der Waals surface area (Å²) in [6, 6.07) is 14.7. The summed E-state index contributed by atoms with van der Waals surface area (Å²) in [7, 11) is 0. The van der Waals surface area contributed by atoms with Gasteiger partial charge in [0.05, 0.1) is 23.7 Å². The van der Waals surface area contributed by atoms with E-state index < -0.39 is 0 Å². The zero-order valence-corrected chi connectivity index (χ0v) is 15.3. The lowest BCUT2D eigenvalue weighted by Gasteiger charge is -2.14. The number of nitrogens with zero attached hydrogens (tertiary/aromatic N) is 2. The Balaban J connectivity index is 1.72. The highest BCUT2D eigenvalue weighted by Gasteiger charge is 2.27. The fraction of sp³-hybridized carbons (Fsp3) is 0.158. The smallest absolute Gasteiger partial charge is 0.235 e. The molecule has 0 unspecified atom stereocenters. The number of hydrogen-bond acceptors (Lipinski definition) is 4. The Bertz CT molecular complexity index is 956. The van der Waals surface area contributed by atoms with Gasteiger partial charge >= 0.3 is 0 Å². The first-order valence-electron chi connectivity index (χ1n) is 8.10. The number of thioether (sulfide) groups is 1. The molecule has 1 aromatic heterocycles. The Labute approximate surface area is 160 Å². The molecule has 0 spiro atoms. The summed E-state index contributed by atoms with van der Waals surface area (Å²) in [4.78, 5) is 12.2. The molecule has 1 aliphatic rings. The molecule has 5 nitrogen and oxygen atoms in total. The Morgan fingerprint density at radius 2 is 2.08 bits per heavy atom. The van der Waals surface area contributed by atoms with Crippen LogP contribution in [0.5, 0.6) is 5.75 Å². The number of hydrogen-bond donors (Lipinski definition) is 2. The molecule has 7 heteroatoms. The minimum Gasteiger partial charge on any atom is -0.508 e. The third-order valence-corrected chi connectivity index (χ3v) is 5.75.